The lowest BCUT2D eigenvalue weighted by Crippen LogP contribution is -2.02. The van der Waals surface area contributed by atoms with Crippen LogP contribution in [0.5, 0.6) is 11.5 Å². The molecular formula is C19H22INO2. The number of hydrogen-bond acceptors (Lipinski definition) is 3. The molecule has 2 aromatic rings. The lowest BCUT2D eigenvalue weighted by Gasteiger charge is -2.14. The van der Waals surface area contributed by atoms with Gasteiger partial charge in [-0.25, -0.2) is 0 Å². The number of halogens is 1. The Bertz CT molecular complexity index is 666. The second kappa shape index (κ2) is 8.91. The summed E-state index contributed by atoms with van der Waals surface area (Å²) in [6.07, 6.45) is 2.83. The maximum absolute atomic E-state index is 5.82. The molecule has 0 saturated heterocycles. The Balaban J connectivity index is 2.26. The van der Waals surface area contributed by atoms with Crippen LogP contribution >= 0.6 is 22.6 Å². The first-order valence-corrected chi connectivity index (χ1v) is 8.91. The van der Waals surface area contributed by atoms with Crippen molar-refractivity contribution in [3.8, 4) is 11.5 Å². The molecule has 0 spiro atoms. The molecule has 4 heteroatoms. The van der Waals surface area contributed by atoms with E-state index in [4.69, 9.17) is 9.47 Å². The maximum Gasteiger partial charge on any atom is 0.174 e. The number of benzene rings is 2. The van der Waals surface area contributed by atoms with Gasteiger partial charge >= 0.3 is 0 Å². The number of aryl methyl sites for hydroxylation is 1. The first-order valence-electron chi connectivity index (χ1n) is 7.84. The highest BCUT2D eigenvalue weighted by atomic mass is 127. The second-order valence-electron chi connectivity index (χ2n) is 5.21. The summed E-state index contributed by atoms with van der Waals surface area (Å²) in [6, 6.07) is 12.2. The van der Waals surface area contributed by atoms with E-state index in [1.807, 2.05) is 31.3 Å². The van der Waals surface area contributed by atoms with Gasteiger partial charge in [-0.15, -0.1) is 0 Å². The summed E-state index contributed by atoms with van der Waals surface area (Å²) in [6.45, 7) is 7.43. The molecule has 0 saturated carbocycles. The van der Waals surface area contributed by atoms with E-state index in [1.54, 1.807) is 0 Å². The summed E-state index contributed by atoms with van der Waals surface area (Å²) >= 11 is 2.28. The summed E-state index contributed by atoms with van der Waals surface area (Å²) in [4.78, 5) is 4.53. The molecule has 0 aliphatic rings. The number of rotatable bonds is 7. The van der Waals surface area contributed by atoms with Crippen LogP contribution in [0.4, 0.5) is 5.69 Å². The average Bonchev–Trinajstić information content (AvgIpc) is 2.54. The number of nitrogens with zero attached hydrogens (tertiary/aromatic N) is 1. The van der Waals surface area contributed by atoms with Crippen molar-refractivity contribution < 1.29 is 9.47 Å². The van der Waals surface area contributed by atoms with E-state index in [2.05, 4.69) is 59.6 Å². The SMILES string of the molecule is CCCOc1c(I)cc(C=Nc2ccc(C)cc2)cc1OCC. The largest absolute Gasteiger partial charge is 0.490 e. The maximum atomic E-state index is 5.82. The molecule has 23 heavy (non-hydrogen) atoms. The molecule has 0 atom stereocenters. The Morgan fingerprint density at radius 2 is 1.83 bits per heavy atom. The predicted molar refractivity (Wildman–Crippen MR) is 105 cm³/mol. The fraction of sp³-hybridized carbons (Fsp3) is 0.316. The third-order valence-corrected chi connectivity index (χ3v) is 3.98. The van der Waals surface area contributed by atoms with Crippen molar-refractivity contribution in [2.75, 3.05) is 13.2 Å². The molecule has 0 unspecified atom stereocenters. The highest BCUT2D eigenvalue weighted by Crippen LogP contribution is 2.34. The average molecular weight is 423 g/mol. The van der Waals surface area contributed by atoms with Crippen LogP contribution in [-0.4, -0.2) is 19.4 Å². The minimum atomic E-state index is 0.608. The van der Waals surface area contributed by atoms with E-state index in [0.29, 0.717) is 13.2 Å². The van der Waals surface area contributed by atoms with Crippen molar-refractivity contribution in [3.05, 3.63) is 51.1 Å². The number of ether oxygens (including phenoxy) is 2. The van der Waals surface area contributed by atoms with E-state index in [1.165, 1.54) is 5.56 Å². The van der Waals surface area contributed by atoms with E-state index in [9.17, 15) is 0 Å². The molecule has 2 aromatic carbocycles. The van der Waals surface area contributed by atoms with E-state index < -0.39 is 0 Å². The van der Waals surface area contributed by atoms with E-state index in [0.717, 1.165) is 32.7 Å². The number of hydrogen-bond donors (Lipinski definition) is 0. The molecule has 0 aliphatic heterocycles. The molecule has 122 valence electrons. The first kappa shape index (κ1) is 17.8. The van der Waals surface area contributed by atoms with Crippen molar-refractivity contribution in [3.63, 3.8) is 0 Å². The van der Waals surface area contributed by atoms with Gasteiger partial charge in [0.25, 0.3) is 0 Å². The zero-order valence-electron chi connectivity index (χ0n) is 13.8. The molecule has 0 amide bonds. The third-order valence-electron chi connectivity index (χ3n) is 3.18. The summed E-state index contributed by atoms with van der Waals surface area (Å²) in [5.41, 5.74) is 3.17. The van der Waals surface area contributed by atoms with Gasteiger partial charge in [-0.1, -0.05) is 24.6 Å². The van der Waals surface area contributed by atoms with Crippen molar-refractivity contribution in [2.24, 2.45) is 4.99 Å². The summed E-state index contributed by atoms with van der Waals surface area (Å²) in [5, 5.41) is 0. The molecule has 0 heterocycles. The van der Waals surface area contributed by atoms with Crippen LogP contribution < -0.4 is 9.47 Å². The van der Waals surface area contributed by atoms with Gasteiger partial charge in [0.1, 0.15) is 0 Å². The van der Waals surface area contributed by atoms with Crippen molar-refractivity contribution in [1.82, 2.24) is 0 Å². The standard InChI is InChI=1S/C19H22INO2/c1-4-10-23-19-17(20)11-15(12-18(19)22-5-2)13-21-16-8-6-14(3)7-9-16/h6-9,11-13H,4-5,10H2,1-3H3. The minimum Gasteiger partial charge on any atom is -0.490 e. The molecule has 0 fully saturated rings. The Morgan fingerprint density at radius 3 is 2.48 bits per heavy atom. The molecule has 2 rings (SSSR count). The topological polar surface area (TPSA) is 30.8 Å². The molecule has 3 nitrogen and oxygen atoms in total. The second-order valence-corrected chi connectivity index (χ2v) is 6.37. The lowest BCUT2D eigenvalue weighted by atomic mass is 10.2. The molecular weight excluding hydrogens is 401 g/mol. The number of aliphatic imine (C=N–C) groups is 1. The molecule has 0 aromatic heterocycles. The van der Waals surface area contributed by atoms with Gasteiger partial charge < -0.3 is 9.47 Å². The predicted octanol–water partition coefficient (Wildman–Crippen LogP) is 5.54. The smallest absolute Gasteiger partial charge is 0.174 e. The fourth-order valence-electron chi connectivity index (χ4n) is 2.05. The molecule has 0 N–H and O–H groups in total. The Hall–Kier alpha value is -1.56. The third kappa shape index (κ3) is 5.23. The van der Waals surface area contributed by atoms with Gasteiger partial charge in [0, 0.05) is 6.21 Å². The van der Waals surface area contributed by atoms with Crippen molar-refractivity contribution in [1.29, 1.82) is 0 Å². The Labute approximate surface area is 151 Å². The Kier molecular flexibility index (Phi) is 6.89. The van der Waals surface area contributed by atoms with Gasteiger partial charge in [-0.3, -0.25) is 4.99 Å². The van der Waals surface area contributed by atoms with Crippen LogP contribution in [0.1, 0.15) is 31.4 Å². The molecule has 0 radical (unpaired) electrons. The quantitative estimate of drug-likeness (QED) is 0.433. The van der Waals surface area contributed by atoms with Crippen LogP contribution in [0, 0.1) is 10.5 Å². The minimum absolute atomic E-state index is 0.608. The zero-order chi connectivity index (χ0) is 16.7. The van der Waals surface area contributed by atoms with Gasteiger partial charge in [-0.2, -0.15) is 0 Å². The first-order chi connectivity index (χ1) is 11.1. The normalized spacial score (nSPS) is 11.0. The summed E-state index contributed by atoms with van der Waals surface area (Å²) < 4.78 is 12.6. The van der Waals surface area contributed by atoms with Crippen LogP contribution in [0.15, 0.2) is 41.4 Å². The van der Waals surface area contributed by atoms with E-state index >= 15 is 0 Å². The fourth-order valence-corrected chi connectivity index (χ4v) is 2.83. The van der Waals surface area contributed by atoms with Crippen molar-refractivity contribution in [2.45, 2.75) is 27.2 Å². The van der Waals surface area contributed by atoms with Gasteiger partial charge in [0.05, 0.1) is 22.5 Å². The van der Waals surface area contributed by atoms with Crippen molar-refractivity contribution >= 4 is 34.5 Å². The molecule has 0 bridgehead atoms. The molecule has 0 aliphatic carbocycles. The van der Waals surface area contributed by atoms with E-state index in [-0.39, 0.29) is 0 Å². The van der Waals surface area contributed by atoms with Gasteiger partial charge in [0.2, 0.25) is 0 Å². The lowest BCUT2D eigenvalue weighted by molar-refractivity contribution is 0.275. The van der Waals surface area contributed by atoms with Gasteiger partial charge in [-0.05, 0) is 72.7 Å². The van der Waals surface area contributed by atoms with Crippen LogP contribution in [0.2, 0.25) is 0 Å². The zero-order valence-corrected chi connectivity index (χ0v) is 16.0. The Morgan fingerprint density at radius 1 is 1.09 bits per heavy atom. The summed E-state index contributed by atoms with van der Waals surface area (Å²) in [7, 11) is 0. The highest BCUT2D eigenvalue weighted by molar-refractivity contribution is 14.1. The highest BCUT2D eigenvalue weighted by Gasteiger charge is 2.11. The van der Waals surface area contributed by atoms with Gasteiger partial charge in [0.15, 0.2) is 11.5 Å². The van der Waals surface area contributed by atoms with Crippen LogP contribution in [0.3, 0.4) is 0 Å². The van der Waals surface area contributed by atoms with Crippen LogP contribution in [0.25, 0.3) is 0 Å². The summed E-state index contributed by atoms with van der Waals surface area (Å²) in [5.74, 6) is 1.60. The van der Waals surface area contributed by atoms with Crippen LogP contribution in [-0.2, 0) is 0 Å². The monoisotopic (exact) mass is 423 g/mol.